The molecule has 1 aromatic rings. The van der Waals surface area contributed by atoms with Gasteiger partial charge in [-0.05, 0) is 31.4 Å². The molecule has 2 atom stereocenters. The molecule has 1 amide bonds. The molecule has 3 aliphatic rings. The minimum atomic E-state index is 0. The fourth-order valence-corrected chi connectivity index (χ4v) is 3.54. The molecule has 7 heteroatoms. The first kappa shape index (κ1) is 16.4. The number of amides is 1. The first-order valence-corrected chi connectivity index (χ1v) is 7.94. The highest BCUT2D eigenvalue weighted by molar-refractivity contribution is 5.92. The summed E-state index contributed by atoms with van der Waals surface area (Å²) in [6.07, 6.45) is 3.64. The number of halogens is 1. The zero-order chi connectivity index (χ0) is 14.9. The van der Waals surface area contributed by atoms with Crippen LogP contribution in [0.25, 0.3) is 0 Å². The van der Waals surface area contributed by atoms with Crippen molar-refractivity contribution < 1.29 is 14.3 Å². The summed E-state index contributed by atoms with van der Waals surface area (Å²) in [5.74, 6) is 1.44. The highest BCUT2D eigenvalue weighted by atomic mass is 35.5. The van der Waals surface area contributed by atoms with Crippen molar-refractivity contribution in [3.05, 3.63) is 18.2 Å². The number of ether oxygens (including phenoxy) is 2. The van der Waals surface area contributed by atoms with Crippen molar-refractivity contribution in [3.8, 4) is 11.5 Å². The second-order valence-electron chi connectivity index (χ2n) is 6.28. The number of hydrogen-bond acceptors (Lipinski definition) is 5. The lowest BCUT2D eigenvalue weighted by atomic mass is 10.1. The number of hydrogen-bond donors (Lipinski definition) is 2. The number of benzene rings is 1. The maximum atomic E-state index is 12.3. The second kappa shape index (κ2) is 6.95. The third kappa shape index (κ3) is 3.71. The topological polar surface area (TPSA) is 62.8 Å². The number of anilines is 1. The summed E-state index contributed by atoms with van der Waals surface area (Å²) in [6, 6.07) is 6.67. The molecule has 4 rings (SSSR count). The highest BCUT2D eigenvalue weighted by Crippen LogP contribution is 2.34. The quantitative estimate of drug-likeness (QED) is 0.876. The third-order valence-electron chi connectivity index (χ3n) is 4.63. The van der Waals surface area contributed by atoms with Crippen LogP contribution in [0, 0.1) is 0 Å². The summed E-state index contributed by atoms with van der Waals surface area (Å²) in [5, 5.41) is 6.58. The molecule has 0 aliphatic carbocycles. The van der Waals surface area contributed by atoms with Gasteiger partial charge in [0.25, 0.3) is 0 Å². The summed E-state index contributed by atoms with van der Waals surface area (Å²) in [5.41, 5.74) is 0.753. The molecule has 3 aliphatic heterocycles. The molecule has 0 radical (unpaired) electrons. The number of carbonyl (C=O) groups is 1. The molecule has 2 N–H and O–H groups in total. The van der Waals surface area contributed by atoms with Crippen LogP contribution in [0.4, 0.5) is 5.69 Å². The standard InChI is InChI=1S/C16H21N3O3.ClH/c20-16(9-19-6-5-11-1-2-13(8-19)17-11)18-12-3-4-14-15(7-12)22-10-21-14;/h3-4,7,11,13,17H,1-2,5-6,8-10H2,(H,18,20);1H. The van der Waals surface area contributed by atoms with E-state index in [9.17, 15) is 4.79 Å². The Balaban J connectivity index is 0.00000156. The molecule has 2 unspecified atom stereocenters. The van der Waals surface area contributed by atoms with Crippen molar-refractivity contribution in [2.45, 2.75) is 31.3 Å². The molecular weight excluding hydrogens is 318 g/mol. The van der Waals surface area contributed by atoms with E-state index in [0.29, 0.717) is 24.4 Å². The van der Waals surface area contributed by atoms with E-state index in [1.807, 2.05) is 18.2 Å². The van der Waals surface area contributed by atoms with E-state index in [-0.39, 0.29) is 25.1 Å². The van der Waals surface area contributed by atoms with Gasteiger partial charge in [0.05, 0.1) is 6.54 Å². The van der Waals surface area contributed by atoms with E-state index in [2.05, 4.69) is 15.5 Å². The van der Waals surface area contributed by atoms with E-state index in [0.717, 1.165) is 30.9 Å². The third-order valence-corrected chi connectivity index (χ3v) is 4.63. The molecule has 1 aromatic carbocycles. The van der Waals surface area contributed by atoms with Crippen LogP contribution < -0.4 is 20.1 Å². The molecule has 0 spiro atoms. The first-order valence-electron chi connectivity index (χ1n) is 7.94. The molecule has 2 bridgehead atoms. The molecule has 23 heavy (non-hydrogen) atoms. The van der Waals surface area contributed by atoms with E-state index >= 15 is 0 Å². The predicted molar refractivity (Wildman–Crippen MR) is 89.4 cm³/mol. The molecule has 2 fully saturated rings. The average Bonchev–Trinajstić information content (AvgIpc) is 3.07. The SMILES string of the molecule is Cl.O=C(CN1CCC2CCC(C1)N2)Nc1ccc2c(c1)OCO2. The molecule has 0 aromatic heterocycles. The van der Waals surface area contributed by atoms with Crippen LogP contribution in [0.15, 0.2) is 18.2 Å². The van der Waals surface area contributed by atoms with E-state index in [1.165, 1.54) is 12.8 Å². The van der Waals surface area contributed by atoms with E-state index in [4.69, 9.17) is 9.47 Å². The van der Waals surface area contributed by atoms with Crippen LogP contribution >= 0.6 is 12.4 Å². The molecule has 2 saturated heterocycles. The van der Waals surface area contributed by atoms with E-state index in [1.54, 1.807) is 0 Å². The Kier molecular flexibility index (Phi) is 4.94. The Labute approximate surface area is 141 Å². The van der Waals surface area contributed by atoms with Crippen molar-refractivity contribution in [2.24, 2.45) is 0 Å². The second-order valence-corrected chi connectivity index (χ2v) is 6.28. The summed E-state index contributed by atoms with van der Waals surface area (Å²) in [6.45, 7) is 2.64. The van der Waals surface area contributed by atoms with E-state index < -0.39 is 0 Å². The molecule has 126 valence electrons. The molecule has 0 saturated carbocycles. The summed E-state index contributed by atoms with van der Waals surface area (Å²) in [7, 11) is 0. The Morgan fingerprint density at radius 2 is 2.04 bits per heavy atom. The van der Waals surface area contributed by atoms with Gasteiger partial charge in [-0.1, -0.05) is 0 Å². The number of fused-ring (bicyclic) bond motifs is 3. The van der Waals surface area contributed by atoms with Gasteiger partial charge >= 0.3 is 0 Å². The van der Waals surface area contributed by atoms with Crippen LogP contribution in [0.2, 0.25) is 0 Å². The largest absolute Gasteiger partial charge is 0.454 e. The van der Waals surface area contributed by atoms with Crippen LogP contribution in [0.1, 0.15) is 19.3 Å². The Morgan fingerprint density at radius 1 is 1.22 bits per heavy atom. The number of carbonyl (C=O) groups excluding carboxylic acids is 1. The zero-order valence-corrected chi connectivity index (χ0v) is 13.7. The van der Waals surface area contributed by atoms with Crippen molar-refractivity contribution in [1.82, 2.24) is 10.2 Å². The smallest absolute Gasteiger partial charge is 0.238 e. The maximum absolute atomic E-state index is 12.3. The Hall–Kier alpha value is -1.50. The fourth-order valence-electron chi connectivity index (χ4n) is 3.54. The van der Waals surface area contributed by atoms with Crippen molar-refractivity contribution in [1.29, 1.82) is 0 Å². The van der Waals surface area contributed by atoms with Crippen LogP contribution in [-0.4, -0.2) is 49.3 Å². The lowest BCUT2D eigenvalue weighted by Gasteiger charge is -2.23. The van der Waals surface area contributed by atoms with Crippen LogP contribution in [0.3, 0.4) is 0 Å². The number of nitrogens with one attached hydrogen (secondary N) is 2. The number of nitrogens with zero attached hydrogens (tertiary/aromatic N) is 1. The van der Waals surface area contributed by atoms with Crippen molar-refractivity contribution in [2.75, 3.05) is 31.7 Å². The summed E-state index contributed by atoms with van der Waals surface area (Å²) < 4.78 is 10.6. The summed E-state index contributed by atoms with van der Waals surface area (Å²) >= 11 is 0. The Bertz CT molecular complexity index is 584. The van der Waals surface area contributed by atoms with Crippen molar-refractivity contribution in [3.63, 3.8) is 0 Å². The lowest BCUT2D eigenvalue weighted by Crippen LogP contribution is -2.39. The summed E-state index contributed by atoms with van der Waals surface area (Å²) in [4.78, 5) is 14.5. The van der Waals surface area contributed by atoms with Crippen molar-refractivity contribution >= 4 is 24.0 Å². The van der Waals surface area contributed by atoms with Gasteiger partial charge in [0.1, 0.15) is 0 Å². The molecule has 6 nitrogen and oxygen atoms in total. The van der Waals surface area contributed by atoms with Gasteiger partial charge in [0.15, 0.2) is 11.5 Å². The van der Waals surface area contributed by atoms with Gasteiger partial charge in [0.2, 0.25) is 12.7 Å². The van der Waals surface area contributed by atoms with Gasteiger partial charge in [0, 0.05) is 36.9 Å². The molecular formula is C16H22ClN3O3. The normalized spacial score (nSPS) is 25.6. The maximum Gasteiger partial charge on any atom is 0.238 e. The number of likely N-dealkylation sites (tertiary alicyclic amines) is 1. The average molecular weight is 340 g/mol. The highest BCUT2D eigenvalue weighted by Gasteiger charge is 2.29. The minimum Gasteiger partial charge on any atom is -0.454 e. The number of rotatable bonds is 3. The van der Waals surface area contributed by atoms with Gasteiger partial charge in [-0.3, -0.25) is 9.69 Å². The Morgan fingerprint density at radius 3 is 2.96 bits per heavy atom. The molecule has 3 heterocycles. The predicted octanol–water partition coefficient (Wildman–Crippen LogP) is 1.60. The first-order chi connectivity index (χ1) is 10.8. The van der Waals surface area contributed by atoms with Gasteiger partial charge < -0.3 is 20.1 Å². The minimum absolute atomic E-state index is 0. The van der Waals surface area contributed by atoms with Gasteiger partial charge in [-0.2, -0.15) is 0 Å². The van der Waals surface area contributed by atoms with Gasteiger partial charge in [-0.15, -0.1) is 12.4 Å². The monoisotopic (exact) mass is 339 g/mol. The van der Waals surface area contributed by atoms with Crippen LogP contribution in [0.5, 0.6) is 11.5 Å². The van der Waals surface area contributed by atoms with Gasteiger partial charge in [-0.25, -0.2) is 0 Å². The lowest BCUT2D eigenvalue weighted by molar-refractivity contribution is -0.117. The zero-order valence-electron chi connectivity index (χ0n) is 12.9. The fraction of sp³-hybridized carbons (Fsp3) is 0.562. The van der Waals surface area contributed by atoms with Crippen LogP contribution in [-0.2, 0) is 4.79 Å².